The Labute approximate surface area is 211 Å². The van der Waals surface area contributed by atoms with Crippen LogP contribution in [0.4, 0.5) is 0 Å². The number of thiophene rings is 1. The Morgan fingerprint density at radius 2 is 1.83 bits per heavy atom. The van der Waals surface area contributed by atoms with Crippen LogP contribution in [0.1, 0.15) is 22.2 Å². The molecular formula is C27H23N7OS. The molecule has 0 aliphatic rings. The SMILES string of the molecule is CC(=O)c1ccc(-c2cncc3[nH]c(-c4n[nH]c5ccc(-c6cncc(CN(C)C)c6)cc45)nc23)s1. The van der Waals surface area contributed by atoms with Crippen LogP contribution in [0.3, 0.4) is 0 Å². The number of H-pyrrole nitrogens is 2. The molecule has 0 saturated heterocycles. The Bertz CT molecular complexity index is 1740. The second kappa shape index (κ2) is 8.78. The third-order valence-corrected chi connectivity index (χ3v) is 7.25. The third kappa shape index (κ3) is 3.98. The number of pyridine rings is 2. The van der Waals surface area contributed by atoms with Crippen molar-refractivity contribution in [3.05, 3.63) is 71.6 Å². The van der Waals surface area contributed by atoms with Crippen molar-refractivity contribution in [1.82, 2.24) is 35.0 Å². The summed E-state index contributed by atoms with van der Waals surface area (Å²) in [5, 5.41) is 8.67. The van der Waals surface area contributed by atoms with Gasteiger partial charge < -0.3 is 9.88 Å². The summed E-state index contributed by atoms with van der Waals surface area (Å²) in [4.78, 5) is 32.7. The molecule has 0 aliphatic carbocycles. The number of carbonyl (C=O) groups is 1. The molecule has 36 heavy (non-hydrogen) atoms. The molecule has 5 aromatic heterocycles. The van der Waals surface area contributed by atoms with Gasteiger partial charge in [-0.1, -0.05) is 6.07 Å². The highest BCUT2D eigenvalue weighted by Gasteiger charge is 2.17. The van der Waals surface area contributed by atoms with Gasteiger partial charge in [-0.25, -0.2) is 4.98 Å². The van der Waals surface area contributed by atoms with Crippen LogP contribution in [0, 0.1) is 0 Å². The van der Waals surface area contributed by atoms with Crippen LogP contribution in [0.25, 0.3) is 55.0 Å². The van der Waals surface area contributed by atoms with E-state index in [0.717, 1.165) is 61.3 Å². The van der Waals surface area contributed by atoms with Gasteiger partial charge in [0.15, 0.2) is 11.6 Å². The molecular weight excluding hydrogens is 470 g/mol. The number of aromatic amines is 2. The first-order valence-corrected chi connectivity index (χ1v) is 12.3. The van der Waals surface area contributed by atoms with E-state index >= 15 is 0 Å². The molecule has 0 saturated carbocycles. The van der Waals surface area contributed by atoms with Crippen molar-refractivity contribution in [3.8, 4) is 33.1 Å². The van der Waals surface area contributed by atoms with Crippen molar-refractivity contribution in [2.45, 2.75) is 13.5 Å². The molecule has 6 rings (SSSR count). The first-order chi connectivity index (χ1) is 17.5. The molecule has 0 fully saturated rings. The fraction of sp³-hybridized carbons (Fsp3) is 0.148. The lowest BCUT2D eigenvalue weighted by Gasteiger charge is -2.10. The number of hydrogen-bond acceptors (Lipinski definition) is 7. The van der Waals surface area contributed by atoms with E-state index in [1.165, 1.54) is 11.3 Å². The Morgan fingerprint density at radius 3 is 2.64 bits per heavy atom. The zero-order valence-electron chi connectivity index (χ0n) is 20.0. The first kappa shape index (κ1) is 22.3. The second-order valence-corrected chi connectivity index (χ2v) is 10.1. The maximum Gasteiger partial charge on any atom is 0.169 e. The quantitative estimate of drug-likeness (QED) is 0.295. The van der Waals surface area contributed by atoms with Crippen LogP contribution < -0.4 is 0 Å². The van der Waals surface area contributed by atoms with E-state index in [4.69, 9.17) is 4.98 Å². The number of rotatable bonds is 6. The van der Waals surface area contributed by atoms with Crippen LogP contribution in [0.5, 0.6) is 0 Å². The zero-order valence-corrected chi connectivity index (χ0v) is 20.8. The number of hydrogen-bond donors (Lipinski definition) is 2. The predicted molar refractivity (Wildman–Crippen MR) is 143 cm³/mol. The lowest BCUT2D eigenvalue weighted by molar-refractivity contribution is 0.102. The van der Waals surface area contributed by atoms with Crippen molar-refractivity contribution in [2.75, 3.05) is 14.1 Å². The van der Waals surface area contributed by atoms with Crippen LogP contribution in [0.2, 0.25) is 0 Å². The second-order valence-electron chi connectivity index (χ2n) is 9.04. The maximum absolute atomic E-state index is 11.8. The minimum atomic E-state index is 0.0512. The highest BCUT2D eigenvalue weighted by molar-refractivity contribution is 7.17. The lowest BCUT2D eigenvalue weighted by Crippen LogP contribution is -2.10. The Balaban J connectivity index is 1.43. The van der Waals surface area contributed by atoms with Crippen LogP contribution >= 0.6 is 11.3 Å². The molecule has 0 bridgehead atoms. The average Bonchev–Trinajstić information content (AvgIpc) is 3.60. The summed E-state index contributed by atoms with van der Waals surface area (Å²) >= 11 is 1.45. The van der Waals surface area contributed by atoms with Crippen molar-refractivity contribution in [1.29, 1.82) is 0 Å². The molecule has 178 valence electrons. The smallest absolute Gasteiger partial charge is 0.169 e. The summed E-state index contributed by atoms with van der Waals surface area (Å²) in [5.41, 5.74) is 7.43. The molecule has 2 N–H and O–H groups in total. The van der Waals surface area contributed by atoms with Gasteiger partial charge in [-0.3, -0.25) is 19.9 Å². The number of fused-ring (bicyclic) bond motifs is 2. The number of nitrogens with one attached hydrogen (secondary N) is 2. The molecule has 6 aromatic rings. The van der Waals surface area contributed by atoms with E-state index in [0.29, 0.717) is 10.7 Å². The molecule has 0 spiro atoms. The van der Waals surface area contributed by atoms with Gasteiger partial charge in [0.1, 0.15) is 11.2 Å². The summed E-state index contributed by atoms with van der Waals surface area (Å²) in [6, 6.07) is 12.2. The number of Topliss-reactive ketones (excluding diaryl/α,β-unsaturated/α-hetero) is 1. The highest BCUT2D eigenvalue weighted by Crippen LogP contribution is 2.35. The van der Waals surface area contributed by atoms with Gasteiger partial charge in [-0.15, -0.1) is 11.3 Å². The fourth-order valence-electron chi connectivity index (χ4n) is 4.37. The molecule has 5 heterocycles. The number of benzene rings is 1. The minimum Gasteiger partial charge on any atom is -0.335 e. The topological polar surface area (TPSA) is 103 Å². The lowest BCUT2D eigenvalue weighted by atomic mass is 10.0. The van der Waals surface area contributed by atoms with Crippen LogP contribution in [0.15, 0.2) is 61.2 Å². The number of imidazole rings is 1. The van der Waals surface area contributed by atoms with Gasteiger partial charge in [0, 0.05) is 46.5 Å². The van der Waals surface area contributed by atoms with Gasteiger partial charge in [0.2, 0.25) is 0 Å². The van der Waals surface area contributed by atoms with E-state index in [1.54, 1.807) is 19.3 Å². The summed E-state index contributed by atoms with van der Waals surface area (Å²) in [5.74, 6) is 0.709. The predicted octanol–water partition coefficient (Wildman–Crippen LogP) is 5.56. The summed E-state index contributed by atoms with van der Waals surface area (Å²) in [7, 11) is 4.09. The monoisotopic (exact) mass is 493 g/mol. The van der Waals surface area contributed by atoms with Crippen LogP contribution in [-0.2, 0) is 6.54 Å². The standard InChI is InChI=1S/C27H23N7OS/c1-15(35)23-6-7-24(36-23)20-12-29-13-22-25(20)31-27(30-22)26-19-9-17(4-5-21(19)32-33-26)18-8-16(10-28-11-18)14-34(2)3/h4-13H,14H2,1-3H3,(H,30,31)(H,32,33). The first-order valence-electron chi connectivity index (χ1n) is 11.5. The summed E-state index contributed by atoms with van der Waals surface area (Å²) < 4.78 is 0. The van der Waals surface area contributed by atoms with E-state index in [-0.39, 0.29) is 5.78 Å². The van der Waals surface area contributed by atoms with E-state index in [1.807, 2.05) is 44.7 Å². The summed E-state index contributed by atoms with van der Waals surface area (Å²) in [6.45, 7) is 2.40. The number of nitrogens with zero attached hydrogens (tertiary/aromatic N) is 5. The van der Waals surface area contributed by atoms with Gasteiger partial charge in [-0.05, 0) is 62.5 Å². The van der Waals surface area contributed by atoms with Crippen molar-refractivity contribution < 1.29 is 4.79 Å². The summed E-state index contributed by atoms with van der Waals surface area (Å²) in [6.07, 6.45) is 7.34. The highest BCUT2D eigenvalue weighted by atomic mass is 32.1. The molecule has 0 radical (unpaired) electrons. The largest absolute Gasteiger partial charge is 0.335 e. The van der Waals surface area contributed by atoms with Crippen LogP contribution in [-0.4, -0.2) is 54.9 Å². The van der Waals surface area contributed by atoms with E-state index < -0.39 is 0 Å². The number of ketones is 1. The van der Waals surface area contributed by atoms with Gasteiger partial charge in [-0.2, -0.15) is 5.10 Å². The van der Waals surface area contributed by atoms with Gasteiger partial charge in [0.25, 0.3) is 0 Å². The van der Waals surface area contributed by atoms with Crippen molar-refractivity contribution >= 4 is 39.1 Å². The van der Waals surface area contributed by atoms with E-state index in [2.05, 4.69) is 48.2 Å². The molecule has 8 nitrogen and oxygen atoms in total. The molecule has 0 atom stereocenters. The van der Waals surface area contributed by atoms with Gasteiger partial charge >= 0.3 is 0 Å². The van der Waals surface area contributed by atoms with Crippen molar-refractivity contribution in [2.24, 2.45) is 0 Å². The molecule has 9 heteroatoms. The van der Waals surface area contributed by atoms with E-state index in [9.17, 15) is 4.79 Å². The fourth-order valence-corrected chi connectivity index (χ4v) is 5.28. The average molecular weight is 494 g/mol. The minimum absolute atomic E-state index is 0.0512. The third-order valence-electron chi connectivity index (χ3n) is 6.03. The molecule has 1 aromatic carbocycles. The Kier molecular flexibility index (Phi) is 5.43. The molecule has 0 aliphatic heterocycles. The van der Waals surface area contributed by atoms with Crippen molar-refractivity contribution in [3.63, 3.8) is 0 Å². The molecule has 0 unspecified atom stereocenters. The zero-order chi connectivity index (χ0) is 24.8. The van der Waals surface area contributed by atoms with Gasteiger partial charge in [0.05, 0.1) is 22.1 Å². The number of aromatic nitrogens is 6. The Hall–Kier alpha value is -4.21. The number of carbonyl (C=O) groups excluding carboxylic acids is 1. The normalized spacial score (nSPS) is 11.7. The molecule has 0 amide bonds. The maximum atomic E-state index is 11.8. The Morgan fingerprint density at radius 1 is 0.972 bits per heavy atom.